The van der Waals surface area contributed by atoms with Crippen molar-refractivity contribution in [1.29, 1.82) is 0 Å². The Morgan fingerprint density at radius 3 is 2.31 bits per heavy atom. The second-order valence-corrected chi connectivity index (χ2v) is 9.41. The Morgan fingerprint density at radius 2 is 1.75 bits per heavy atom. The number of carbonyl (C=O) groups is 1. The molecule has 10 nitrogen and oxygen atoms in total. The van der Waals surface area contributed by atoms with Gasteiger partial charge in [-0.1, -0.05) is 11.6 Å². The number of ether oxygens (including phenoxy) is 2. The van der Waals surface area contributed by atoms with Gasteiger partial charge < -0.3 is 14.4 Å². The van der Waals surface area contributed by atoms with Gasteiger partial charge in [0.15, 0.2) is 11.9 Å². The first-order chi connectivity index (χ1) is 15.1. The van der Waals surface area contributed by atoms with Crippen molar-refractivity contribution >= 4 is 33.2 Å². The van der Waals surface area contributed by atoms with Crippen LogP contribution in [0, 0.1) is 10.1 Å². The van der Waals surface area contributed by atoms with Crippen LogP contribution in [0.25, 0.3) is 0 Å². The van der Waals surface area contributed by atoms with Gasteiger partial charge >= 0.3 is 5.69 Å². The molecule has 0 spiro atoms. The maximum atomic E-state index is 13.0. The van der Waals surface area contributed by atoms with Crippen molar-refractivity contribution in [2.75, 3.05) is 33.3 Å². The number of hydrogen-bond donors (Lipinski definition) is 0. The highest BCUT2D eigenvalue weighted by molar-refractivity contribution is 7.89. The molecule has 1 saturated heterocycles. The lowest BCUT2D eigenvalue weighted by molar-refractivity contribution is -0.386. The summed E-state index contributed by atoms with van der Waals surface area (Å²) in [5.41, 5.74) is -0.435. The number of nitro benzene ring substituents is 1. The van der Waals surface area contributed by atoms with E-state index in [0.717, 1.165) is 6.07 Å². The molecular weight excluding hydrogens is 462 g/mol. The Labute approximate surface area is 190 Å². The van der Waals surface area contributed by atoms with Crippen LogP contribution in [0.1, 0.15) is 6.92 Å². The van der Waals surface area contributed by atoms with Crippen LogP contribution in [0.2, 0.25) is 5.02 Å². The highest BCUT2D eigenvalue weighted by Gasteiger charge is 2.33. The van der Waals surface area contributed by atoms with Crippen LogP contribution in [-0.2, 0) is 14.8 Å². The summed E-state index contributed by atoms with van der Waals surface area (Å²) < 4.78 is 37.7. The van der Waals surface area contributed by atoms with Gasteiger partial charge in [-0.2, -0.15) is 4.31 Å². The first-order valence-electron chi connectivity index (χ1n) is 9.67. The second-order valence-electron chi connectivity index (χ2n) is 7.03. The zero-order chi connectivity index (χ0) is 23.5. The molecule has 0 aliphatic carbocycles. The topological polar surface area (TPSA) is 119 Å². The molecule has 172 valence electrons. The first kappa shape index (κ1) is 23.8. The molecule has 1 atom stereocenters. The second kappa shape index (κ2) is 9.72. The number of carbonyl (C=O) groups excluding carboxylic acids is 1. The molecule has 1 aliphatic heterocycles. The molecule has 2 aromatic rings. The average Bonchev–Trinajstić information content (AvgIpc) is 2.79. The Kier molecular flexibility index (Phi) is 7.22. The van der Waals surface area contributed by atoms with Crippen molar-refractivity contribution < 1.29 is 27.6 Å². The molecule has 0 bridgehead atoms. The molecule has 1 fully saturated rings. The largest absolute Gasteiger partial charge is 0.490 e. The monoisotopic (exact) mass is 483 g/mol. The molecule has 0 aromatic heterocycles. The third kappa shape index (κ3) is 5.12. The lowest BCUT2D eigenvalue weighted by atomic mass is 10.2. The van der Waals surface area contributed by atoms with E-state index in [0.29, 0.717) is 10.8 Å². The molecule has 0 N–H and O–H groups in total. The Morgan fingerprint density at radius 1 is 1.12 bits per heavy atom. The molecule has 0 radical (unpaired) electrons. The number of hydrogen-bond acceptors (Lipinski definition) is 7. The van der Waals surface area contributed by atoms with Gasteiger partial charge in [0, 0.05) is 37.3 Å². The quantitative estimate of drug-likeness (QED) is 0.438. The van der Waals surface area contributed by atoms with Crippen molar-refractivity contribution in [3.05, 3.63) is 57.6 Å². The van der Waals surface area contributed by atoms with Gasteiger partial charge in [-0.05, 0) is 43.3 Å². The van der Waals surface area contributed by atoms with Crippen LogP contribution in [0.4, 0.5) is 5.69 Å². The third-order valence-electron chi connectivity index (χ3n) is 5.01. The Bertz CT molecular complexity index is 1100. The summed E-state index contributed by atoms with van der Waals surface area (Å²) in [5, 5.41) is 11.8. The molecule has 1 heterocycles. The highest BCUT2D eigenvalue weighted by atomic mass is 35.5. The number of sulfonamides is 1. The molecule has 12 heteroatoms. The maximum Gasteiger partial charge on any atom is 0.312 e. The van der Waals surface area contributed by atoms with Crippen LogP contribution >= 0.6 is 11.6 Å². The van der Waals surface area contributed by atoms with E-state index >= 15 is 0 Å². The van der Waals surface area contributed by atoms with Gasteiger partial charge in [0.05, 0.1) is 16.9 Å². The van der Waals surface area contributed by atoms with E-state index in [2.05, 4.69) is 0 Å². The fourth-order valence-electron chi connectivity index (χ4n) is 3.30. The van der Waals surface area contributed by atoms with Gasteiger partial charge in [0.25, 0.3) is 5.91 Å². The summed E-state index contributed by atoms with van der Waals surface area (Å²) in [4.78, 5) is 24.6. The van der Waals surface area contributed by atoms with Gasteiger partial charge in [0.2, 0.25) is 10.0 Å². The summed E-state index contributed by atoms with van der Waals surface area (Å²) in [6, 6.07) is 10.1. The van der Waals surface area contributed by atoms with E-state index in [1.165, 1.54) is 28.4 Å². The van der Waals surface area contributed by atoms with E-state index in [1.54, 1.807) is 31.2 Å². The lowest BCUT2D eigenvalue weighted by Gasteiger charge is -2.35. The van der Waals surface area contributed by atoms with E-state index in [4.69, 9.17) is 21.1 Å². The number of piperazine rings is 1. The van der Waals surface area contributed by atoms with Gasteiger partial charge in [0.1, 0.15) is 5.75 Å². The number of methoxy groups -OCH3 is 1. The summed E-state index contributed by atoms with van der Waals surface area (Å²) in [6.45, 7) is 2.08. The molecule has 32 heavy (non-hydrogen) atoms. The molecule has 1 aliphatic rings. The number of rotatable bonds is 7. The van der Waals surface area contributed by atoms with E-state index in [1.807, 2.05) is 0 Å². The fraction of sp³-hybridized carbons (Fsp3) is 0.350. The number of halogens is 1. The highest BCUT2D eigenvalue weighted by Crippen LogP contribution is 2.31. The molecule has 3 rings (SSSR count). The molecular formula is C20H22ClN3O7S. The standard InChI is InChI=1S/C20H22ClN3O7S/c1-14(31-16-5-3-15(21)4-6-16)20(25)22-9-11-23(12-10-22)32(28,29)17-7-8-19(30-2)18(13-17)24(26)27/h3-8,13-14H,9-12H2,1-2H3. The Balaban J connectivity index is 1.65. The number of nitrogens with zero attached hydrogens (tertiary/aromatic N) is 3. The SMILES string of the molecule is COc1ccc(S(=O)(=O)N2CCN(C(=O)C(C)Oc3ccc(Cl)cc3)CC2)cc1[N+](=O)[O-]. The first-order valence-corrected chi connectivity index (χ1v) is 11.5. The average molecular weight is 484 g/mol. The van der Waals surface area contributed by atoms with Gasteiger partial charge in [-0.15, -0.1) is 0 Å². The van der Waals surface area contributed by atoms with Crippen molar-refractivity contribution in [2.24, 2.45) is 0 Å². The lowest BCUT2D eigenvalue weighted by Crippen LogP contribution is -2.53. The summed E-state index contributed by atoms with van der Waals surface area (Å²) >= 11 is 5.84. The van der Waals surface area contributed by atoms with Crippen molar-refractivity contribution in [1.82, 2.24) is 9.21 Å². The summed E-state index contributed by atoms with van der Waals surface area (Å²) in [5.74, 6) is 0.202. The van der Waals surface area contributed by atoms with Crippen LogP contribution in [0.3, 0.4) is 0 Å². The number of nitro groups is 1. The Hall–Kier alpha value is -2.89. The third-order valence-corrected chi connectivity index (χ3v) is 7.16. The predicted molar refractivity (Wildman–Crippen MR) is 117 cm³/mol. The van der Waals surface area contributed by atoms with Crippen LogP contribution < -0.4 is 9.47 Å². The van der Waals surface area contributed by atoms with Crippen molar-refractivity contribution in [3.8, 4) is 11.5 Å². The van der Waals surface area contributed by atoms with E-state index in [9.17, 15) is 23.3 Å². The summed E-state index contributed by atoms with van der Waals surface area (Å²) in [6.07, 6.45) is -0.761. The zero-order valence-corrected chi connectivity index (χ0v) is 19.0. The predicted octanol–water partition coefficient (Wildman–Crippen LogP) is 2.56. The van der Waals surface area contributed by atoms with Crippen LogP contribution in [-0.4, -0.2) is 67.8 Å². The van der Waals surface area contributed by atoms with Gasteiger partial charge in [-0.25, -0.2) is 8.42 Å². The minimum Gasteiger partial charge on any atom is -0.490 e. The molecule has 1 amide bonds. The minimum atomic E-state index is -3.97. The van der Waals surface area contributed by atoms with Crippen molar-refractivity contribution in [2.45, 2.75) is 17.9 Å². The zero-order valence-electron chi connectivity index (χ0n) is 17.4. The van der Waals surface area contributed by atoms with Crippen LogP contribution in [0.15, 0.2) is 47.4 Å². The number of amides is 1. The summed E-state index contributed by atoms with van der Waals surface area (Å²) in [7, 11) is -2.71. The van der Waals surface area contributed by atoms with E-state index < -0.39 is 26.7 Å². The normalized spacial score (nSPS) is 15.8. The minimum absolute atomic E-state index is 0.0287. The number of benzene rings is 2. The maximum absolute atomic E-state index is 13.0. The molecule has 1 unspecified atom stereocenters. The molecule has 0 saturated carbocycles. The van der Waals surface area contributed by atoms with E-state index in [-0.39, 0.29) is 42.7 Å². The van der Waals surface area contributed by atoms with Gasteiger partial charge in [-0.3, -0.25) is 14.9 Å². The smallest absolute Gasteiger partial charge is 0.312 e. The fourth-order valence-corrected chi connectivity index (χ4v) is 4.86. The van der Waals surface area contributed by atoms with Crippen molar-refractivity contribution in [3.63, 3.8) is 0 Å². The molecule has 2 aromatic carbocycles. The van der Waals surface area contributed by atoms with Crippen LogP contribution in [0.5, 0.6) is 11.5 Å².